The van der Waals surface area contributed by atoms with Crippen LogP contribution in [-0.2, 0) is 0 Å². The Balaban J connectivity index is 3.34. The van der Waals surface area contributed by atoms with Crippen molar-refractivity contribution < 1.29 is 0 Å². The van der Waals surface area contributed by atoms with Gasteiger partial charge in [0.2, 0.25) is 0 Å². The van der Waals surface area contributed by atoms with E-state index in [2.05, 4.69) is 47.8 Å². The molecular formula is C6H2Br3Cl. The van der Waals surface area contributed by atoms with E-state index >= 15 is 0 Å². The van der Waals surface area contributed by atoms with Crippen molar-refractivity contribution in [1.82, 2.24) is 0 Å². The summed E-state index contributed by atoms with van der Waals surface area (Å²) in [4.78, 5) is 0. The number of halogens is 4. The monoisotopic (exact) mass is 346 g/mol. The molecule has 0 unspecified atom stereocenters. The van der Waals surface area contributed by atoms with Crippen LogP contribution in [0.5, 0.6) is 0 Å². The van der Waals surface area contributed by atoms with Gasteiger partial charge in [0.15, 0.2) is 0 Å². The molecule has 10 heavy (non-hydrogen) atoms. The maximum absolute atomic E-state index is 5.79. The normalized spacial score (nSPS) is 10.0. The third-order valence-electron chi connectivity index (χ3n) is 0.988. The van der Waals surface area contributed by atoms with Gasteiger partial charge in [-0.25, -0.2) is 0 Å². The Labute approximate surface area is 89.3 Å². The van der Waals surface area contributed by atoms with Crippen LogP contribution in [0.3, 0.4) is 0 Å². The van der Waals surface area contributed by atoms with Crippen LogP contribution in [0.1, 0.15) is 0 Å². The first-order valence-corrected chi connectivity index (χ1v) is 5.17. The number of hydrogen-bond acceptors (Lipinski definition) is 0. The molecule has 0 N–H and O–H groups in total. The van der Waals surface area contributed by atoms with E-state index in [-0.39, 0.29) is 0 Å². The van der Waals surface area contributed by atoms with Crippen molar-refractivity contribution in [2.24, 2.45) is 0 Å². The molecule has 0 aromatic heterocycles. The van der Waals surface area contributed by atoms with Crippen molar-refractivity contribution in [3.63, 3.8) is 0 Å². The van der Waals surface area contributed by atoms with Gasteiger partial charge in [0.25, 0.3) is 0 Å². The Kier molecular flexibility index (Phi) is 3.22. The maximum Gasteiger partial charge on any atom is 0.0560 e. The highest BCUT2D eigenvalue weighted by Crippen LogP contribution is 2.35. The molecule has 1 aromatic carbocycles. The molecule has 0 saturated carbocycles. The first-order valence-electron chi connectivity index (χ1n) is 2.42. The van der Waals surface area contributed by atoms with E-state index in [9.17, 15) is 0 Å². The summed E-state index contributed by atoms with van der Waals surface area (Å²) < 4.78 is 2.81. The summed E-state index contributed by atoms with van der Waals surface area (Å²) in [7, 11) is 0. The maximum atomic E-state index is 5.79. The summed E-state index contributed by atoms with van der Waals surface area (Å²) in [5.74, 6) is 0. The second-order valence-corrected chi connectivity index (χ2v) is 4.50. The smallest absolute Gasteiger partial charge is 0.0560 e. The van der Waals surface area contributed by atoms with E-state index in [0.29, 0.717) is 5.02 Å². The van der Waals surface area contributed by atoms with Gasteiger partial charge in [-0.1, -0.05) is 11.6 Å². The van der Waals surface area contributed by atoms with Gasteiger partial charge in [0, 0.05) is 8.95 Å². The molecule has 1 aromatic rings. The molecule has 0 saturated heterocycles. The van der Waals surface area contributed by atoms with E-state index in [1.54, 1.807) is 0 Å². The van der Waals surface area contributed by atoms with Crippen LogP contribution in [-0.4, -0.2) is 0 Å². The van der Waals surface area contributed by atoms with Crippen molar-refractivity contribution in [1.29, 1.82) is 0 Å². The lowest BCUT2D eigenvalue weighted by Gasteiger charge is -1.99. The summed E-state index contributed by atoms with van der Waals surface area (Å²) in [6, 6.07) is 3.71. The largest absolute Gasteiger partial charge is 0.0831 e. The molecule has 0 radical (unpaired) electrons. The Morgan fingerprint density at radius 3 is 2.10 bits per heavy atom. The number of benzene rings is 1. The van der Waals surface area contributed by atoms with Crippen LogP contribution in [0, 0.1) is 0 Å². The highest BCUT2D eigenvalue weighted by atomic mass is 79.9. The number of rotatable bonds is 0. The van der Waals surface area contributed by atoms with Gasteiger partial charge in [-0.05, 0) is 59.9 Å². The Morgan fingerprint density at radius 1 is 1.00 bits per heavy atom. The van der Waals surface area contributed by atoms with Gasteiger partial charge in [0.05, 0.1) is 9.50 Å². The van der Waals surface area contributed by atoms with E-state index in [0.717, 1.165) is 13.4 Å². The zero-order valence-electron chi connectivity index (χ0n) is 4.67. The minimum Gasteiger partial charge on any atom is -0.0831 e. The fourth-order valence-corrected chi connectivity index (χ4v) is 2.06. The highest BCUT2D eigenvalue weighted by molar-refractivity contribution is 9.14. The van der Waals surface area contributed by atoms with Crippen molar-refractivity contribution in [3.05, 3.63) is 30.6 Å². The van der Waals surface area contributed by atoms with Crippen molar-refractivity contribution in [2.75, 3.05) is 0 Å². The summed E-state index contributed by atoms with van der Waals surface area (Å²) >= 11 is 15.8. The van der Waals surface area contributed by atoms with Gasteiger partial charge < -0.3 is 0 Å². The van der Waals surface area contributed by atoms with Gasteiger partial charge in [0.1, 0.15) is 0 Å². The van der Waals surface area contributed by atoms with Gasteiger partial charge >= 0.3 is 0 Å². The molecule has 1 rings (SSSR count). The summed E-state index contributed by atoms with van der Waals surface area (Å²) in [6.07, 6.45) is 0. The SMILES string of the molecule is Clc1ccc(Br)c(Br)c1Br. The molecule has 0 heterocycles. The number of hydrogen-bond donors (Lipinski definition) is 0. The van der Waals surface area contributed by atoms with Crippen molar-refractivity contribution in [3.8, 4) is 0 Å². The molecule has 4 heteroatoms. The highest BCUT2D eigenvalue weighted by Gasteiger charge is 2.04. The van der Waals surface area contributed by atoms with Gasteiger partial charge in [-0.15, -0.1) is 0 Å². The van der Waals surface area contributed by atoms with E-state index in [1.807, 2.05) is 12.1 Å². The van der Waals surface area contributed by atoms with E-state index < -0.39 is 0 Å². The average Bonchev–Trinajstić information content (AvgIpc) is 1.93. The fourth-order valence-electron chi connectivity index (χ4n) is 0.502. The molecule has 0 atom stereocenters. The van der Waals surface area contributed by atoms with E-state index in [1.165, 1.54) is 0 Å². The van der Waals surface area contributed by atoms with Crippen LogP contribution >= 0.6 is 59.4 Å². The molecule has 0 aliphatic heterocycles. The molecule has 0 fully saturated rings. The second kappa shape index (κ2) is 3.57. The van der Waals surface area contributed by atoms with Gasteiger partial charge in [-0.3, -0.25) is 0 Å². The third-order valence-corrected chi connectivity index (χ3v) is 4.90. The summed E-state index contributed by atoms with van der Waals surface area (Å²) in [6.45, 7) is 0. The standard InChI is InChI=1S/C6H2Br3Cl/c7-3-1-2-4(10)6(9)5(3)8/h1-2H. The molecular weight excluding hydrogens is 347 g/mol. The van der Waals surface area contributed by atoms with E-state index in [4.69, 9.17) is 11.6 Å². The Hall–Kier alpha value is 0.950. The lowest BCUT2D eigenvalue weighted by Crippen LogP contribution is -1.73. The summed E-state index contributed by atoms with van der Waals surface area (Å²) in [5, 5.41) is 0.704. The topological polar surface area (TPSA) is 0 Å². The average molecular weight is 349 g/mol. The second-order valence-electron chi connectivity index (χ2n) is 1.66. The van der Waals surface area contributed by atoms with Crippen LogP contribution < -0.4 is 0 Å². The first-order chi connectivity index (χ1) is 4.63. The minimum atomic E-state index is 0.704. The zero-order valence-corrected chi connectivity index (χ0v) is 10.2. The molecule has 0 spiro atoms. The molecule has 0 bridgehead atoms. The molecule has 0 amide bonds. The first kappa shape index (κ1) is 9.04. The zero-order chi connectivity index (χ0) is 7.72. The van der Waals surface area contributed by atoms with Crippen LogP contribution in [0.15, 0.2) is 25.6 Å². The van der Waals surface area contributed by atoms with Crippen LogP contribution in [0.25, 0.3) is 0 Å². The Bertz CT molecular complexity index is 232. The molecule has 0 aliphatic carbocycles. The Morgan fingerprint density at radius 2 is 1.60 bits per heavy atom. The van der Waals surface area contributed by atoms with Crippen molar-refractivity contribution >= 4 is 59.4 Å². The molecule has 0 nitrogen and oxygen atoms in total. The van der Waals surface area contributed by atoms with Crippen LogP contribution in [0.4, 0.5) is 0 Å². The quantitative estimate of drug-likeness (QED) is 0.473. The van der Waals surface area contributed by atoms with Crippen molar-refractivity contribution in [2.45, 2.75) is 0 Å². The van der Waals surface area contributed by atoms with Crippen LogP contribution in [0.2, 0.25) is 5.02 Å². The lowest BCUT2D eigenvalue weighted by molar-refractivity contribution is 1.54. The fraction of sp³-hybridized carbons (Fsp3) is 0. The van der Waals surface area contributed by atoms with Gasteiger partial charge in [-0.2, -0.15) is 0 Å². The predicted molar refractivity (Wildman–Crippen MR) is 54.6 cm³/mol. The predicted octanol–water partition coefficient (Wildman–Crippen LogP) is 4.63. The third kappa shape index (κ3) is 1.76. The molecule has 0 aliphatic rings. The summed E-state index contributed by atoms with van der Waals surface area (Å²) in [5.41, 5.74) is 0. The minimum absolute atomic E-state index is 0.704. The lowest BCUT2D eigenvalue weighted by atomic mass is 10.4. The molecule has 54 valence electrons.